The standard InChI is InChI=1S/C21H18N2/c1-2-8-16(9-3-1)14-15-17-10-4-5-11-18(17)21-22-19-12-6-7-13-20(19)23-21/h1-13H,14-15H2,(H,22,23). The lowest BCUT2D eigenvalue weighted by Gasteiger charge is -2.07. The van der Waals surface area contributed by atoms with E-state index in [1.807, 2.05) is 18.2 Å². The van der Waals surface area contributed by atoms with Crippen molar-refractivity contribution in [3.8, 4) is 11.4 Å². The van der Waals surface area contributed by atoms with Crippen molar-refractivity contribution in [2.45, 2.75) is 12.8 Å². The van der Waals surface area contributed by atoms with Crippen molar-refractivity contribution >= 4 is 11.0 Å². The van der Waals surface area contributed by atoms with Crippen LogP contribution in [0.5, 0.6) is 0 Å². The van der Waals surface area contributed by atoms with Gasteiger partial charge in [0.05, 0.1) is 11.0 Å². The summed E-state index contributed by atoms with van der Waals surface area (Å²) in [6.45, 7) is 0. The molecule has 0 spiro atoms. The van der Waals surface area contributed by atoms with Crippen LogP contribution in [0.25, 0.3) is 22.4 Å². The summed E-state index contributed by atoms with van der Waals surface area (Å²) in [4.78, 5) is 8.18. The Bertz CT molecular complexity index is 890. The Morgan fingerprint density at radius 1 is 0.696 bits per heavy atom. The minimum absolute atomic E-state index is 0.954. The van der Waals surface area contributed by atoms with Crippen LogP contribution in [0.2, 0.25) is 0 Å². The topological polar surface area (TPSA) is 28.7 Å². The summed E-state index contributed by atoms with van der Waals surface area (Å²) < 4.78 is 0. The number of aromatic amines is 1. The lowest BCUT2D eigenvalue weighted by Crippen LogP contribution is -1.95. The van der Waals surface area contributed by atoms with E-state index in [2.05, 4.69) is 65.6 Å². The number of para-hydroxylation sites is 2. The third-order valence-electron chi connectivity index (χ3n) is 4.19. The Morgan fingerprint density at radius 3 is 2.30 bits per heavy atom. The molecule has 1 aromatic heterocycles. The maximum absolute atomic E-state index is 4.74. The molecule has 0 fully saturated rings. The number of imidazole rings is 1. The average molecular weight is 298 g/mol. The Hall–Kier alpha value is -2.87. The van der Waals surface area contributed by atoms with Gasteiger partial charge in [0.1, 0.15) is 5.82 Å². The maximum atomic E-state index is 4.74. The SMILES string of the molecule is c1ccc(CCc2ccccc2-c2nc3ccccc3[nH]2)cc1. The van der Waals surface area contributed by atoms with Gasteiger partial charge in [0, 0.05) is 5.56 Å². The molecule has 112 valence electrons. The average Bonchev–Trinajstić information content (AvgIpc) is 3.05. The number of hydrogen-bond acceptors (Lipinski definition) is 1. The molecule has 0 aliphatic heterocycles. The second kappa shape index (κ2) is 6.09. The van der Waals surface area contributed by atoms with Crippen molar-refractivity contribution < 1.29 is 0 Å². The van der Waals surface area contributed by atoms with E-state index in [0.29, 0.717) is 0 Å². The fourth-order valence-corrected chi connectivity index (χ4v) is 2.97. The van der Waals surface area contributed by atoms with Gasteiger partial charge in [-0.25, -0.2) is 4.98 Å². The molecule has 0 aliphatic rings. The van der Waals surface area contributed by atoms with Crippen LogP contribution in [0.4, 0.5) is 0 Å². The van der Waals surface area contributed by atoms with E-state index in [1.54, 1.807) is 0 Å². The molecular formula is C21H18N2. The van der Waals surface area contributed by atoms with Crippen LogP contribution in [-0.4, -0.2) is 9.97 Å². The van der Waals surface area contributed by atoms with Gasteiger partial charge in [-0.3, -0.25) is 0 Å². The largest absolute Gasteiger partial charge is 0.338 e. The highest BCUT2D eigenvalue weighted by Gasteiger charge is 2.09. The van der Waals surface area contributed by atoms with Crippen molar-refractivity contribution in [3.63, 3.8) is 0 Å². The van der Waals surface area contributed by atoms with Crippen molar-refractivity contribution in [2.75, 3.05) is 0 Å². The molecule has 0 bridgehead atoms. The number of hydrogen-bond donors (Lipinski definition) is 1. The van der Waals surface area contributed by atoms with Gasteiger partial charge >= 0.3 is 0 Å². The van der Waals surface area contributed by atoms with Crippen molar-refractivity contribution in [2.24, 2.45) is 0 Å². The van der Waals surface area contributed by atoms with E-state index in [0.717, 1.165) is 29.7 Å². The molecule has 0 atom stereocenters. The highest BCUT2D eigenvalue weighted by Crippen LogP contribution is 2.24. The van der Waals surface area contributed by atoms with Crippen LogP contribution in [0.3, 0.4) is 0 Å². The van der Waals surface area contributed by atoms with E-state index in [-0.39, 0.29) is 0 Å². The van der Waals surface area contributed by atoms with Crippen LogP contribution in [0, 0.1) is 0 Å². The van der Waals surface area contributed by atoms with Crippen LogP contribution < -0.4 is 0 Å². The monoisotopic (exact) mass is 298 g/mol. The van der Waals surface area contributed by atoms with Gasteiger partial charge in [-0.15, -0.1) is 0 Å². The first kappa shape index (κ1) is 13.8. The highest BCUT2D eigenvalue weighted by molar-refractivity contribution is 5.79. The molecule has 23 heavy (non-hydrogen) atoms. The molecule has 0 aliphatic carbocycles. The second-order valence-corrected chi connectivity index (χ2v) is 5.75. The summed E-state index contributed by atoms with van der Waals surface area (Å²) in [5.41, 5.74) is 5.99. The Balaban J connectivity index is 1.66. The number of benzene rings is 3. The number of H-pyrrole nitrogens is 1. The summed E-state index contributed by atoms with van der Waals surface area (Å²) in [5.74, 6) is 0.954. The van der Waals surface area contributed by atoms with Gasteiger partial charge in [-0.05, 0) is 36.1 Å². The molecule has 1 N–H and O–H groups in total. The van der Waals surface area contributed by atoms with E-state index < -0.39 is 0 Å². The second-order valence-electron chi connectivity index (χ2n) is 5.75. The van der Waals surface area contributed by atoms with Crippen LogP contribution in [0.1, 0.15) is 11.1 Å². The first-order valence-electron chi connectivity index (χ1n) is 7.97. The van der Waals surface area contributed by atoms with Crippen LogP contribution in [0.15, 0.2) is 78.9 Å². The van der Waals surface area contributed by atoms with Crippen LogP contribution >= 0.6 is 0 Å². The van der Waals surface area contributed by atoms with Crippen molar-refractivity contribution in [3.05, 3.63) is 90.0 Å². The molecule has 0 amide bonds. The van der Waals surface area contributed by atoms with Gasteiger partial charge in [-0.2, -0.15) is 0 Å². The Morgan fingerprint density at radius 2 is 1.43 bits per heavy atom. The van der Waals surface area contributed by atoms with E-state index in [4.69, 9.17) is 4.98 Å². The molecule has 0 radical (unpaired) electrons. The van der Waals surface area contributed by atoms with Crippen molar-refractivity contribution in [1.82, 2.24) is 9.97 Å². The summed E-state index contributed by atoms with van der Waals surface area (Å²) in [6.07, 6.45) is 2.05. The Kier molecular flexibility index (Phi) is 3.65. The maximum Gasteiger partial charge on any atom is 0.138 e. The van der Waals surface area contributed by atoms with E-state index in [1.165, 1.54) is 16.7 Å². The summed E-state index contributed by atoms with van der Waals surface area (Å²) in [6, 6.07) is 27.3. The highest BCUT2D eigenvalue weighted by atomic mass is 14.9. The fourth-order valence-electron chi connectivity index (χ4n) is 2.97. The summed E-state index contributed by atoms with van der Waals surface area (Å²) in [5, 5.41) is 0. The Labute approximate surface area is 135 Å². The minimum atomic E-state index is 0.954. The first-order valence-corrected chi connectivity index (χ1v) is 7.97. The van der Waals surface area contributed by atoms with Gasteiger partial charge < -0.3 is 4.98 Å². The summed E-state index contributed by atoms with van der Waals surface area (Å²) >= 11 is 0. The third-order valence-corrected chi connectivity index (χ3v) is 4.19. The molecule has 2 heteroatoms. The zero-order valence-electron chi connectivity index (χ0n) is 12.9. The predicted molar refractivity (Wildman–Crippen MR) is 95.4 cm³/mol. The molecule has 4 rings (SSSR count). The number of aromatic nitrogens is 2. The molecule has 4 aromatic rings. The lowest BCUT2D eigenvalue weighted by atomic mass is 9.99. The zero-order chi connectivity index (χ0) is 15.5. The normalized spacial score (nSPS) is 11.0. The minimum Gasteiger partial charge on any atom is -0.338 e. The number of aryl methyl sites for hydroxylation is 2. The molecule has 0 saturated heterocycles. The lowest BCUT2D eigenvalue weighted by molar-refractivity contribution is 0.960. The number of nitrogens with zero attached hydrogens (tertiary/aromatic N) is 1. The molecule has 0 saturated carbocycles. The van der Waals surface area contributed by atoms with Gasteiger partial charge in [0.25, 0.3) is 0 Å². The smallest absolute Gasteiger partial charge is 0.138 e. The fraction of sp³-hybridized carbons (Fsp3) is 0.0952. The third kappa shape index (κ3) is 2.88. The van der Waals surface area contributed by atoms with Gasteiger partial charge in [-0.1, -0.05) is 66.7 Å². The van der Waals surface area contributed by atoms with Crippen LogP contribution in [-0.2, 0) is 12.8 Å². The quantitative estimate of drug-likeness (QED) is 0.563. The predicted octanol–water partition coefficient (Wildman–Crippen LogP) is 5.02. The van der Waals surface area contributed by atoms with E-state index in [9.17, 15) is 0 Å². The summed E-state index contributed by atoms with van der Waals surface area (Å²) in [7, 11) is 0. The molecule has 1 heterocycles. The molecular weight excluding hydrogens is 280 g/mol. The molecule has 2 nitrogen and oxygen atoms in total. The number of nitrogens with one attached hydrogen (secondary N) is 1. The first-order chi connectivity index (χ1) is 11.4. The van der Waals surface area contributed by atoms with E-state index >= 15 is 0 Å². The van der Waals surface area contributed by atoms with Gasteiger partial charge in [0.2, 0.25) is 0 Å². The van der Waals surface area contributed by atoms with Gasteiger partial charge in [0.15, 0.2) is 0 Å². The molecule has 3 aromatic carbocycles. The molecule has 0 unspecified atom stereocenters. The van der Waals surface area contributed by atoms with Crippen molar-refractivity contribution in [1.29, 1.82) is 0 Å². The number of fused-ring (bicyclic) bond motifs is 1. The zero-order valence-corrected chi connectivity index (χ0v) is 12.9. The number of rotatable bonds is 4.